The minimum atomic E-state index is -4.65. The van der Waals surface area contributed by atoms with Crippen LogP contribution in [0.25, 0.3) is 0 Å². The second kappa shape index (κ2) is 6.33. The van der Waals surface area contributed by atoms with Crippen molar-refractivity contribution in [3.05, 3.63) is 29.6 Å². The molecule has 0 aromatic carbocycles. The Morgan fingerprint density at radius 2 is 1.86 bits per heavy atom. The molecule has 1 aliphatic carbocycles. The molecule has 1 saturated carbocycles. The van der Waals surface area contributed by atoms with Crippen LogP contribution in [0, 0.1) is 5.92 Å². The number of amides is 1. The molecule has 2 rings (SSSR count). The van der Waals surface area contributed by atoms with E-state index in [2.05, 4.69) is 10.3 Å². The monoisotopic (exact) mass is 316 g/mol. The van der Waals surface area contributed by atoms with Crippen LogP contribution < -0.4 is 5.32 Å². The summed E-state index contributed by atoms with van der Waals surface area (Å²) in [6, 6.07) is 1.60. The zero-order chi connectivity index (χ0) is 16.3. The van der Waals surface area contributed by atoms with Gasteiger partial charge in [-0.15, -0.1) is 0 Å². The van der Waals surface area contributed by atoms with Gasteiger partial charge in [-0.05, 0) is 37.8 Å². The molecule has 0 aliphatic heterocycles. The van der Waals surface area contributed by atoms with Gasteiger partial charge in [-0.25, -0.2) is 0 Å². The number of aliphatic carboxylic acids is 1. The maximum Gasteiger partial charge on any atom is 0.418 e. The van der Waals surface area contributed by atoms with Gasteiger partial charge in [0.05, 0.1) is 11.5 Å². The summed E-state index contributed by atoms with van der Waals surface area (Å²) in [6.07, 6.45) is -1.87. The van der Waals surface area contributed by atoms with E-state index in [0.717, 1.165) is 18.3 Å². The molecule has 22 heavy (non-hydrogen) atoms. The number of carbonyl (C=O) groups excluding carboxylic acids is 1. The first kappa shape index (κ1) is 16.3. The number of carboxylic acids is 1. The first-order valence-corrected chi connectivity index (χ1v) is 6.85. The Bertz CT molecular complexity index is 567. The second-order valence-electron chi connectivity index (χ2n) is 5.26. The standard InChI is InChI=1S/C14H15F3N2O3/c15-14(16,17)10-2-1-7-18-11(10)12(20)19-9-5-3-8(4-6-9)13(21)22/h1-2,7-9H,3-6H2,(H,19,20)(H,21,22). The van der Waals surface area contributed by atoms with Crippen molar-refractivity contribution in [1.29, 1.82) is 0 Å². The molecule has 5 nitrogen and oxygen atoms in total. The maximum absolute atomic E-state index is 12.8. The first-order valence-electron chi connectivity index (χ1n) is 6.85. The summed E-state index contributed by atoms with van der Waals surface area (Å²) in [5, 5.41) is 11.4. The van der Waals surface area contributed by atoms with E-state index in [4.69, 9.17) is 5.11 Å². The quantitative estimate of drug-likeness (QED) is 0.898. The Labute approximate surface area is 124 Å². The third-order valence-electron chi connectivity index (χ3n) is 3.74. The van der Waals surface area contributed by atoms with Crippen LogP contribution in [0.1, 0.15) is 41.7 Å². The van der Waals surface area contributed by atoms with Crippen LogP contribution in [0.2, 0.25) is 0 Å². The molecule has 1 aromatic heterocycles. The van der Waals surface area contributed by atoms with Crippen LogP contribution in [0.15, 0.2) is 18.3 Å². The highest BCUT2D eigenvalue weighted by atomic mass is 19.4. The van der Waals surface area contributed by atoms with Gasteiger partial charge in [0, 0.05) is 12.2 Å². The summed E-state index contributed by atoms with van der Waals surface area (Å²) in [6.45, 7) is 0. The van der Waals surface area contributed by atoms with Gasteiger partial charge in [0.1, 0.15) is 5.69 Å². The lowest BCUT2D eigenvalue weighted by molar-refractivity contribution is -0.143. The lowest BCUT2D eigenvalue weighted by Crippen LogP contribution is -2.39. The van der Waals surface area contributed by atoms with Gasteiger partial charge < -0.3 is 10.4 Å². The number of alkyl halides is 3. The maximum atomic E-state index is 12.8. The van der Waals surface area contributed by atoms with Crippen molar-refractivity contribution < 1.29 is 27.9 Å². The Hall–Kier alpha value is -2.12. The molecule has 1 heterocycles. The van der Waals surface area contributed by atoms with Crippen LogP contribution in [0.4, 0.5) is 13.2 Å². The van der Waals surface area contributed by atoms with Gasteiger partial charge in [-0.1, -0.05) is 0 Å². The number of carboxylic acid groups (broad SMARTS) is 1. The van der Waals surface area contributed by atoms with E-state index < -0.39 is 35.2 Å². The van der Waals surface area contributed by atoms with Gasteiger partial charge in [-0.3, -0.25) is 14.6 Å². The van der Waals surface area contributed by atoms with Crippen LogP contribution in [0.5, 0.6) is 0 Å². The van der Waals surface area contributed by atoms with Crippen molar-refractivity contribution in [3.63, 3.8) is 0 Å². The number of nitrogens with zero attached hydrogens (tertiary/aromatic N) is 1. The number of halogens is 3. The van der Waals surface area contributed by atoms with E-state index in [1.165, 1.54) is 0 Å². The normalized spacial score (nSPS) is 22.1. The van der Waals surface area contributed by atoms with Gasteiger partial charge in [0.25, 0.3) is 5.91 Å². The summed E-state index contributed by atoms with van der Waals surface area (Å²) in [5.74, 6) is -2.21. The highest BCUT2D eigenvalue weighted by Crippen LogP contribution is 2.31. The molecular weight excluding hydrogens is 301 g/mol. The van der Waals surface area contributed by atoms with Gasteiger partial charge in [-0.2, -0.15) is 13.2 Å². The minimum absolute atomic E-state index is 0.328. The van der Waals surface area contributed by atoms with Crippen LogP contribution in [-0.2, 0) is 11.0 Å². The average Bonchev–Trinajstić information content (AvgIpc) is 2.47. The number of nitrogens with one attached hydrogen (secondary N) is 1. The highest BCUT2D eigenvalue weighted by molar-refractivity contribution is 5.94. The fraction of sp³-hybridized carbons (Fsp3) is 0.500. The lowest BCUT2D eigenvalue weighted by Gasteiger charge is -2.27. The van der Waals surface area contributed by atoms with E-state index in [0.29, 0.717) is 25.7 Å². The minimum Gasteiger partial charge on any atom is -0.481 e. The molecule has 8 heteroatoms. The zero-order valence-electron chi connectivity index (χ0n) is 11.6. The third kappa shape index (κ3) is 3.75. The number of carbonyl (C=O) groups is 2. The average molecular weight is 316 g/mol. The first-order chi connectivity index (χ1) is 10.3. The fourth-order valence-electron chi connectivity index (χ4n) is 2.55. The van der Waals surface area contributed by atoms with E-state index >= 15 is 0 Å². The fourth-order valence-corrected chi connectivity index (χ4v) is 2.55. The Kier molecular flexibility index (Phi) is 4.68. The summed E-state index contributed by atoms with van der Waals surface area (Å²) in [4.78, 5) is 26.4. The Morgan fingerprint density at radius 3 is 2.41 bits per heavy atom. The number of hydrogen-bond acceptors (Lipinski definition) is 3. The SMILES string of the molecule is O=C(NC1CCC(C(=O)O)CC1)c1ncccc1C(F)(F)F. The summed E-state index contributed by atoms with van der Waals surface area (Å²) >= 11 is 0. The molecule has 0 bridgehead atoms. The largest absolute Gasteiger partial charge is 0.481 e. The lowest BCUT2D eigenvalue weighted by atomic mass is 9.86. The van der Waals surface area contributed by atoms with Crippen molar-refractivity contribution in [2.45, 2.75) is 37.9 Å². The smallest absolute Gasteiger partial charge is 0.418 e. The number of aromatic nitrogens is 1. The second-order valence-corrected chi connectivity index (χ2v) is 5.26. The predicted molar refractivity (Wildman–Crippen MR) is 70.1 cm³/mol. The summed E-state index contributed by atoms with van der Waals surface area (Å²) in [5.41, 5.74) is -1.73. The van der Waals surface area contributed by atoms with E-state index in [9.17, 15) is 22.8 Å². The van der Waals surface area contributed by atoms with Crippen LogP contribution in [-0.4, -0.2) is 28.0 Å². The number of hydrogen-bond donors (Lipinski definition) is 2. The molecule has 120 valence electrons. The van der Waals surface area contributed by atoms with Crippen LogP contribution >= 0.6 is 0 Å². The van der Waals surface area contributed by atoms with Gasteiger partial charge >= 0.3 is 12.1 Å². The van der Waals surface area contributed by atoms with Crippen LogP contribution in [0.3, 0.4) is 0 Å². The van der Waals surface area contributed by atoms with Crippen molar-refractivity contribution in [2.24, 2.45) is 5.92 Å². The molecule has 0 spiro atoms. The van der Waals surface area contributed by atoms with Crippen molar-refractivity contribution in [2.75, 3.05) is 0 Å². The molecule has 0 saturated heterocycles. The predicted octanol–water partition coefficient (Wildman–Crippen LogP) is 2.47. The third-order valence-corrected chi connectivity index (χ3v) is 3.74. The molecular formula is C14H15F3N2O3. The molecule has 1 aromatic rings. The highest BCUT2D eigenvalue weighted by Gasteiger charge is 2.36. The van der Waals surface area contributed by atoms with Crippen molar-refractivity contribution >= 4 is 11.9 Å². The van der Waals surface area contributed by atoms with Gasteiger partial charge in [0.15, 0.2) is 0 Å². The molecule has 1 aliphatic rings. The Balaban J connectivity index is 2.04. The van der Waals surface area contributed by atoms with E-state index in [1.54, 1.807) is 0 Å². The van der Waals surface area contributed by atoms with Gasteiger partial charge in [0.2, 0.25) is 0 Å². The number of pyridine rings is 1. The van der Waals surface area contributed by atoms with Crippen molar-refractivity contribution in [3.8, 4) is 0 Å². The van der Waals surface area contributed by atoms with E-state index in [-0.39, 0.29) is 6.04 Å². The molecule has 0 unspecified atom stereocenters. The molecule has 0 atom stereocenters. The molecule has 1 amide bonds. The summed E-state index contributed by atoms with van der Waals surface area (Å²) < 4.78 is 38.5. The number of rotatable bonds is 3. The summed E-state index contributed by atoms with van der Waals surface area (Å²) in [7, 11) is 0. The molecule has 1 fully saturated rings. The molecule has 2 N–H and O–H groups in total. The van der Waals surface area contributed by atoms with Crippen molar-refractivity contribution in [1.82, 2.24) is 10.3 Å². The van der Waals surface area contributed by atoms with E-state index in [1.807, 2.05) is 0 Å². The zero-order valence-corrected chi connectivity index (χ0v) is 11.6. The Morgan fingerprint density at radius 1 is 1.23 bits per heavy atom. The molecule has 0 radical (unpaired) electrons. The topological polar surface area (TPSA) is 79.3 Å².